The molecule has 1 aromatic carbocycles. The van der Waals surface area contributed by atoms with Gasteiger partial charge in [-0.3, -0.25) is 4.79 Å². The molecule has 0 heterocycles. The fourth-order valence-corrected chi connectivity index (χ4v) is 3.74. The van der Waals surface area contributed by atoms with Gasteiger partial charge in [0.15, 0.2) is 5.78 Å². The first-order chi connectivity index (χ1) is 10.3. The van der Waals surface area contributed by atoms with Crippen molar-refractivity contribution in [3.8, 4) is 0 Å². The standard InChI is InChI=1S/C19H27NO/c21-19(14-20-18-9-4-2-1-3-5-10-18)17-12-11-15-7-6-8-16(15)13-17/h11-13,18,20H,1-10,14H2. The van der Waals surface area contributed by atoms with Gasteiger partial charge >= 0.3 is 0 Å². The Kier molecular flexibility index (Phi) is 5.08. The van der Waals surface area contributed by atoms with Crippen molar-refractivity contribution >= 4 is 5.78 Å². The van der Waals surface area contributed by atoms with Crippen LogP contribution in [-0.4, -0.2) is 18.4 Å². The van der Waals surface area contributed by atoms with E-state index < -0.39 is 0 Å². The lowest BCUT2D eigenvalue weighted by atomic mass is 9.96. The SMILES string of the molecule is O=C(CNC1CCCCCCC1)c1ccc2c(c1)CCC2. The maximum atomic E-state index is 12.4. The zero-order chi connectivity index (χ0) is 14.5. The van der Waals surface area contributed by atoms with E-state index in [9.17, 15) is 4.79 Å². The highest BCUT2D eigenvalue weighted by Gasteiger charge is 2.16. The van der Waals surface area contributed by atoms with E-state index in [1.807, 2.05) is 6.07 Å². The Balaban J connectivity index is 1.53. The lowest BCUT2D eigenvalue weighted by Crippen LogP contribution is -2.34. The van der Waals surface area contributed by atoms with E-state index in [1.54, 1.807) is 0 Å². The minimum absolute atomic E-state index is 0.256. The molecular formula is C19H27NO. The minimum Gasteiger partial charge on any atom is -0.307 e. The van der Waals surface area contributed by atoms with Crippen LogP contribution < -0.4 is 5.32 Å². The molecule has 0 aliphatic heterocycles. The highest BCUT2D eigenvalue weighted by Crippen LogP contribution is 2.23. The van der Waals surface area contributed by atoms with Gasteiger partial charge in [-0.2, -0.15) is 0 Å². The van der Waals surface area contributed by atoms with Crippen LogP contribution in [0.25, 0.3) is 0 Å². The molecule has 2 aliphatic rings. The summed E-state index contributed by atoms with van der Waals surface area (Å²) in [5.74, 6) is 0.256. The molecule has 1 fully saturated rings. The molecular weight excluding hydrogens is 258 g/mol. The van der Waals surface area contributed by atoms with Crippen LogP contribution in [0.1, 0.15) is 72.9 Å². The van der Waals surface area contributed by atoms with Crippen molar-refractivity contribution in [2.75, 3.05) is 6.54 Å². The van der Waals surface area contributed by atoms with Gasteiger partial charge in [0, 0.05) is 11.6 Å². The molecule has 3 rings (SSSR count). The molecule has 2 nitrogen and oxygen atoms in total. The molecule has 0 atom stereocenters. The average molecular weight is 285 g/mol. The Hall–Kier alpha value is -1.15. The molecule has 21 heavy (non-hydrogen) atoms. The first-order valence-electron chi connectivity index (χ1n) is 8.71. The van der Waals surface area contributed by atoms with Crippen molar-refractivity contribution in [1.29, 1.82) is 0 Å². The quantitative estimate of drug-likeness (QED) is 0.845. The summed E-state index contributed by atoms with van der Waals surface area (Å²) in [4.78, 5) is 12.4. The fraction of sp³-hybridized carbons (Fsp3) is 0.632. The molecule has 0 amide bonds. The number of hydrogen-bond donors (Lipinski definition) is 1. The number of benzene rings is 1. The Labute approximate surface area is 128 Å². The lowest BCUT2D eigenvalue weighted by molar-refractivity contribution is 0.0985. The Morgan fingerprint density at radius 1 is 0.952 bits per heavy atom. The van der Waals surface area contributed by atoms with Gasteiger partial charge in [-0.05, 0) is 49.3 Å². The molecule has 114 valence electrons. The predicted octanol–water partition coefficient (Wildman–Crippen LogP) is 4.06. The lowest BCUT2D eigenvalue weighted by Gasteiger charge is -2.20. The van der Waals surface area contributed by atoms with Crippen molar-refractivity contribution in [3.63, 3.8) is 0 Å². The van der Waals surface area contributed by atoms with E-state index in [4.69, 9.17) is 0 Å². The predicted molar refractivity (Wildman–Crippen MR) is 86.9 cm³/mol. The minimum atomic E-state index is 0.256. The number of aryl methyl sites for hydroxylation is 2. The van der Waals surface area contributed by atoms with Crippen LogP contribution in [0.4, 0.5) is 0 Å². The molecule has 0 aromatic heterocycles. The number of carbonyl (C=O) groups excluding carboxylic acids is 1. The second-order valence-corrected chi connectivity index (χ2v) is 6.68. The summed E-state index contributed by atoms with van der Waals surface area (Å²) in [7, 11) is 0. The van der Waals surface area contributed by atoms with E-state index in [0.29, 0.717) is 12.6 Å². The number of rotatable bonds is 4. The largest absolute Gasteiger partial charge is 0.307 e. The van der Waals surface area contributed by atoms with E-state index in [-0.39, 0.29) is 5.78 Å². The number of hydrogen-bond acceptors (Lipinski definition) is 2. The van der Waals surface area contributed by atoms with Crippen LogP contribution in [0.15, 0.2) is 18.2 Å². The normalized spacial score (nSPS) is 19.8. The molecule has 1 N–H and O–H groups in total. The number of Topliss-reactive ketones (excluding diaryl/α,β-unsaturated/α-hetero) is 1. The molecule has 0 radical (unpaired) electrons. The molecule has 0 spiro atoms. The third-order valence-electron chi connectivity index (χ3n) is 5.08. The topological polar surface area (TPSA) is 29.1 Å². The van der Waals surface area contributed by atoms with Gasteiger partial charge in [-0.1, -0.05) is 44.2 Å². The van der Waals surface area contributed by atoms with E-state index in [1.165, 1.54) is 68.9 Å². The van der Waals surface area contributed by atoms with Gasteiger partial charge < -0.3 is 5.32 Å². The first kappa shape index (κ1) is 14.8. The maximum absolute atomic E-state index is 12.4. The summed E-state index contributed by atoms with van der Waals surface area (Å²) in [6.45, 7) is 0.503. The monoisotopic (exact) mass is 285 g/mol. The summed E-state index contributed by atoms with van der Waals surface area (Å²) in [6.07, 6.45) is 12.8. The van der Waals surface area contributed by atoms with Crippen LogP contribution in [0.2, 0.25) is 0 Å². The maximum Gasteiger partial charge on any atom is 0.176 e. The highest BCUT2D eigenvalue weighted by atomic mass is 16.1. The second-order valence-electron chi connectivity index (χ2n) is 6.68. The van der Waals surface area contributed by atoms with Gasteiger partial charge in [0.1, 0.15) is 0 Å². The van der Waals surface area contributed by atoms with Crippen LogP contribution >= 0.6 is 0 Å². The number of nitrogens with one attached hydrogen (secondary N) is 1. The molecule has 0 saturated heterocycles. The molecule has 1 saturated carbocycles. The van der Waals surface area contributed by atoms with Gasteiger partial charge in [-0.15, -0.1) is 0 Å². The Morgan fingerprint density at radius 3 is 2.48 bits per heavy atom. The summed E-state index contributed by atoms with van der Waals surface area (Å²) in [5, 5.41) is 3.51. The van der Waals surface area contributed by atoms with Crippen LogP contribution in [-0.2, 0) is 12.8 Å². The van der Waals surface area contributed by atoms with Gasteiger partial charge in [0.25, 0.3) is 0 Å². The van der Waals surface area contributed by atoms with Crippen molar-refractivity contribution < 1.29 is 4.79 Å². The molecule has 1 aromatic rings. The van der Waals surface area contributed by atoms with Crippen molar-refractivity contribution in [2.24, 2.45) is 0 Å². The molecule has 0 bridgehead atoms. The van der Waals surface area contributed by atoms with Gasteiger partial charge in [0.05, 0.1) is 6.54 Å². The van der Waals surface area contributed by atoms with Crippen LogP contribution in [0.3, 0.4) is 0 Å². The van der Waals surface area contributed by atoms with Gasteiger partial charge in [0.2, 0.25) is 0 Å². The summed E-state index contributed by atoms with van der Waals surface area (Å²) in [5.41, 5.74) is 3.74. The zero-order valence-corrected chi connectivity index (χ0v) is 13.0. The number of ketones is 1. The van der Waals surface area contributed by atoms with E-state index in [0.717, 1.165) is 12.0 Å². The first-order valence-corrected chi connectivity index (χ1v) is 8.71. The Morgan fingerprint density at radius 2 is 1.67 bits per heavy atom. The molecule has 0 unspecified atom stereocenters. The Bertz CT molecular complexity index is 486. The summed E-state index contributed by atoms with van der Waals surface area (Å²) in [6, 6.07) is 6.85. The van der Waals surface area contributed by atoms with Crippen molar-refractivity contribution in [3.05, 3.63) is 34.9 Å². The highest BCUT2D eigenvalue weighted by molar-refractivity contribution is 5.97. The number of carbonyl (C=O) groups is 1. The van der Waals surface area contributed by atoms with Crippen molar-refractivity contribution in [2.45, 2.75) is 70.3 Å². The third-order valence-corrected chi connectivity index (χ3v) is 5.08. The smallest absolute Gasteiger partial charge is 0.176 e. The van der Waals surface area contributed by atoms with Crippen LogP contribution in [0.5, 0.6) is 0 Å². The third kappa shape index (κ3) is 3.94. The van der Waals surface area contributed by atoms with Crippen molar-refractivity contribution in [1.82, 2.24) is 5.32 Å². The molecule has 2 heteroatoms. The summed E-state index contributed by atoms with van der Waals surface area (Å²) < 4.78 is 0. The number of fused-ring (bicyclic) bond motifs is 1. The molecule has 2 aliphatic carbocycles. The van der Waals surface area contributed by atoms with E-state index in [2.05, 4.69) is 17.4 Å². The van der Waals surface area contributed by atoms with E-state index >= 15 is 0 Å². The second kappa shape index (κ2) is 7.22. The fourth-order valence-electron chi connectivity index (χ4n) is 3.74. The average Bonchev–Trinajstić information content (AvgIpc) is 2.93. The zero-order valence-electron chi connectivity index (χ0n) is 13.0. The van der Waals surface area contributed by atoms with Gasteiger partial charge in [-0.25, -0.2) is 0 Å². The summed E-state index contributed by atoms with van der Waals surface area (Å²) >= 11 is 0. The van der Waals surface area contributed by atoms with Crippen LogP contribution in [0, 0.1) is 0 Å².